The second kappa shape index (κ2) is 10.8. The van der Waals surface area contributed by atoms with Gasteiger partial charge < -0.3 is 9.47 Å². The molecule has 1 saturated heterocycles. The van der Waals surface area contributed by atoms with E-state index >= 15 is 0 Å². The quantitative estimate of drug-likeness (QED) is 0.302. The predicted molar refractivity (Wildman–Crippen MR) is 141 cm³/mol. The van der Waals surface area contributed by atoms with Crippen molar-refractivity contribution in [2.75, 3.05) is 11.5 Å². The Labute approximate surface area is 217 Å². The number of barbiturate groups is 1. The number of aryl methyl sites for hydroxylation is 2. The van der Waals surface area contributed by atoms with Crippen molar-refractivity contribution in [2.45, 2.75) is 27.4 Å². The van der Waals surface area contributed by atoms with Crippen LogP contribution in [0.5, 0.6) is 11.5 Å². The molecule has 0 unspecified atom stereocenters. The van der Waals surface area contributed by atoms with Crippen molar-refractivity contribution in [3.05, 3.63) is 93.0 Å². The maximum atomic E-state index is 13.3. The molecule has 0 spiro atoms. The molecule has 4 amide bonds. The molecule has 36 heavy (non-hydrogen) atoms. The molecule has 1 fully saturated rings. The van der Waals surface area contributed by atoms with E-state index in [0.717, 1.165) is 20.5 Å². The lowest BCUT2D eigenvalue weighted by Gasteiger charge is -2.27. The number of ether oxygens (including phenoxy) is 2. The summed E-state index contributed by atoms with van der Waals surface area (Å²) in [5.74, 6) is -0.428. The minimum atomic E-state index is -0.789. The van der Waals surface area contributed by atoms with E-state index in [0.29, 0.717) is 41.5 Å². The SMILES string of the molecule is CCOc1cc(/C=C2/C(=O)NC(=O)N(c3ccc(Br)cc3C)C2=O)ccc1OCc1cccc(C)c1. The highest BCUT2D eigenvalue weighted by molar-refractivity contribution is 9.10. The number of rotatable bonds is 7. The largest absolute Gasteiger partial charge is 0.490 e. The number of urea groups is 1. The zero-order chi connectivity index (χ0) is 25.8. The summed E-state index contributed by atoms with van der Waals surface area (Å²) in [6.45, 7) is 6.44. The van der Waals surface area contributed by atoms with Crippen LogP contribution in [0.15, 0.2) is 70.7 Å². The van der Waals surface area contributed by atoms with E-state index in [-0.39, 0.29) is 5.57 Å². The van der Waals surface area contributed by atoms with E-state index in [2.05, 4.69) is 21.2 Å². The average Bonchev–Trinajstić information content (AvgIpc) is 2.83. The second-order valence-electron chi connectivity index (χ2n) is 8.31. The fraction of sp³-hybridized carbons (Fsp3) is 0.179. The molecular weight excluding hydrogens is 524 g/mol. The Morgan fingerprint density at radius 3 is 2.47 bits per heavy atom. The van der Waals surface area contributed by atoms with Gasteiger partial charge in [0.2, 0.25) is 0 Å². The number of carbonyl (C=O) groups excluding carboxylic acids is 3. The Balaban J connectivity index is 1.63. The number of benzene rings is 3. The third-order valence-corrected chi connectivity index (χ3v) is 6.05. The Bertz CT molecular complexity index is 1380. The van der Waals surface area contributed by atoms with Crippen molar-refractivity contribution in [3.8, 4) is 11.5 Å². The number of anilines is 1. The number of hydrogen-bond donors (Lipinski definition) is 1. The molecule has 1 N–H and O–H groups in total. The third-order valence-electron chi connectivity index (χ3n) is 5.56. The Hall–Kier alpha value is -3.91. The minimum absolute atomic E-state index is 0.159. The standard InChI is InChI=1S/C28H25BrN2O5/c1-4-35-25-15-19(8-11-24(25)36-16-20-7-5-6-17(2)12-20)14-22-26(32)30-28(34)31(27(22)33)23-10-9-21(29)13-18(23)3/h5-15H,4,16H2,1-3H3,(H,30,32,34)/b22-14-. The average molecular weight is 549 g/mol. The van der Waals surface area contributed by atoms with Crippen molar-refractivity contribution in [2.24, 2.45) is 0 Å². The summed E-state index contributed by atoms with van der Waals surface area (Å²) in [6.07, 6.45) is 1.44. The fourth-order valence-corrected chi connectivity index (χ4v) is 4.35. The lowest BCUT2D eigenvalue weighted by Crippen LogP contribution is -2.54. The normalized spacial score (nSPS) is 14.7. The summed E-state index contributed by atoms with van der Waals surface area (Å²) in [4.78, 5) is 39.4. The van der Waals surface area contributed by atoms with Gasteiger partial charge in [-0.25, -0.2) is 9.69 Å². The molecule has 7 nitrogen and oxygen atoms in total. The van der Waals surface area contributed by atoms with Crippen LogP contribution in [0.3, 0.4) is 0 Å². The number of nitrogens with zero attached hydrogens (tertiary/aromatic N) is 1. The first-order valence-corrected chi connectivity index (χ1v) is 12.2. The van der Waals surface area contributed by atoms with Crippen LogP contribution in [0.25, 0.3) is 6.08 Å². The van der Waals surface area contributed by atoms with Gasteiger partial charge in [0.05, 0.1) is 12.3 Å². The third kappa shape index (κ3) is 5.49. The smallest absolute Gasteiger partial charge is 0.335 e. The zero-order valence-electron chi connectivity index (χ0n) is 20.1. The van der Waals surface area contributed by atoms with Crippen LogP contribution < -0.4 is 19.7 Å². The summed E-state index contributed by atoms with van der Waals surface area (Å²) in [6, 6.07) is 17.6. The fourth-order valence-electron chi connectivity index (χ4n) is 3.88. The molecule has 0 bridgehead atoms. The second-order valence-corrected chi connectivity index (χ2v) is 9.22. The molecule has 4 rings (SSSR count). The van der Waals surface area contributed by atoms with Crippen molar-refractivity contribution < 1.29 is 23.9 Å². The molecule has 184 valence electrons. The maximum Gasteiger partial charge on any atom is 0.335 e. The molecule has 0 aliphatic carbocycles. The van der Waals surface area contributed by atoms with E-state index in [1.54, 1.807) is 43.3 Å². The summed E-state index contributed by atoms with van der Waals surface area (Å²) >= 11 is 3.38. The first-order chi connectivity index (χ1) is 17.3. The highest BCUT2D eigenvalue weighted by Gasteiger charge is 2.37. The minimum Gasteiger partial charge on any atom is -0.490 e. The van der Waals surface area contributed by atoms with Crippen LogP contribution in [0, 0.1) is 13.8 Å². The summed E-state index contributed by atoms with van der Waals surface area (Å²) < 4.78 is 12.6. The van der Waals surface area contributed by atoms with Gasteiger partial charge in [0.1, 0.15) is 12.2 Å². The molecule has 3 aromatic rings. The van der Waals surface area contributed by atoms with E-state index in [1.165, 1.54) is 6.08 Å². The number of amides is 4. The van der Waals surface area contributed by atoms with Gasteiger partial charge in [0.15, 0.2) is 11.5 Å². The molecule has 8 heteroatoms. The van der Waals surface area contributed by atoms with Gasteiger partial charge >= 0.3 is 6.03 Å². The van der Waals surface area contributed by atoms with Crippen LogP contribution in [0.2, 0.25) is 0 Å². The number of carbonyl (C=O) groups is 3. The van der Waals surface area contributed by atoms with Crippen molar-refractivity contribution in [1.82, 2.24) is 5.32 Å². The molecule has 3 aromatic carbocycles. The van der Waals surface area contributed by atoms with Crippen LogP contribution in [0.1, 0.15) is 29.2 Å². The lowest BCUT2D eigenvalue weighted by molar-refractivity contribution is -0.122. The molecule has 0 aromatic heterocycles. The Morgan fingerprint density at radius 2 is 1.75 bits per heavy atom. The van der Waals surface area contributed by atoms with Crippen LogP contribution in [0.4, 0.5) is 10.5 Å². The zero-order valence-corrected chi connectivity index (χ0v) is 21.7. The number of nitrogens with one attached hydrogen (secondary N) is 1. The number of hydrogen-bond acceptors (Lipinski definition) is 5. The Kier molecular flexibility index (Phi) is 7.55. The molecular formula is C28H25BrN2O5. The number of imide groups is 2. The van der Waals surface area contributed by atoms with Gasteiger partial charge in [-0.2, -0.15) is 0 Å². The van der Waals surface area contributed by atoms with Gasteiger partial charge in [0.25, 0.3) is 11.8 Å². The highest BCUT2D eigenvalue weighted by Crippen LogP contribution is 2.32. The summed E-state index contributed by atoms with van der Waals surface area (Å²) in [5, 5.41) is 2.26. The van der Waals surface area contributed by atoms with Crippen molar-refractivity contribution >= 4 is 45.5 Å². The van der Waals surface area contributed by atoms with E-state index < -0.39 is 17.8 Å². The van der Waals surface area contributed by atoms with Crippen molar-refractivity contribution in [3.63, 3.8) is 0 Å². The first-order valence-electron chi connectivity index (χ1n) is 11.4. The van der Waals surface area contributed by atoms with Crippen molar-refractivity contribution in [1.29, 1.82) is 0 Å². The predicted octanol–water partition coefficient (Wildman–Crippen LogP) is 5.71. The molecule has 1 aliphatic heterocycles. The highest BCUT2D eigenvalue weighted by atomic mass is 79.9. The Morgan fingerprint density at radius 1 is 0.944 bits per heavy atom. The maximum absolute atomic E-state index is 13.3. The van der Waals surface area contributed by atoms with E-state index in [9.17, 15) is 14.4 Å². The number of halogens is 1. The first kappa shape index (κ1) is 25.2. The lowest BCUT2D eigenvalue weighted by atomic mass is 10.1. The van der Waals surface area contributed by atoms with Gasteiger partial charge in [-0.1, -0.05) is 51.8 Å². The molecule has 0 atom stereocenters. The van der Waals surface area contributed by atoms with Gasteiger partial charge in [-0.05, 0) is 73.9 Å². The van der Waals surface area contributed by atoms with Crippen LogP contribution in [-0.4, -0.2) is 24.5 Å². The van der Waals surface area contributed by atoms with E-state index in [4.69, 9.17) is 9.47 Å². The van der Waals surface area contributed by atoms with Crippen LogP contribution >= 0.6 is 15.9 Å². The van der Waals surface area contributed by atoms with Gasteiger partial charge in [-0.15, -0.1) is 0 Å². The molecule has 0 radical (unpaired) electrons. The molecule has 1 aliphatic rings. The topological polar surface area (TPSA) is 84.9 Å². The van der Waals surface area contributed by atoms with E-state index in [1.807, 2.05) is 38.1 Å². The summed E-state index contributed by atoms with van der Waals surface area (Å²) in [5.41, 5.74) is 3.67. The monoisotopic (exact) mass is 548 g/mol. The molecule has 1 heterocycles. The van der Waals surface area contributed by atoms with Gasteiger partial charge in [-0.3, -0.25) is 14.9 Å². The van der Waals surface area contributed by atoms with Gasteiger partial charge in [0, 0.05) is 4.47 Å². The molecule has 0 saturated carbocycles. The van der Waals surface area contributed by atoms with Crippen LogP contribution in [-0.2, 0) is 16.2 Å². The summed E-state index contributed by atoms with van der Waals surface area (Å²) in [7, 11) is 0.